The molecule has 18 heavy (non-hydrogen) atoms. The van der Waals surface area contributed by atoms with Crippen molar-refractivity contribution in [2.75, 3.05) is 52.9 Å². The minimum absolute atomic E-state index is 0.0963. The zero-order chi connectivity index (χ0) is 13.4. The van der Waals surface area contributed by atoms with E-state index in [2.05, 4.69) is 29.0 Å². The highest BCUT2D eigenvalue weighted by atomic mass is 16.3. The molecule has 4 heteroatoms. The van der Waals surface area contributed by atoms with Crippen LogP contribution in [0.4, 0.5) is 0 Å². The van der Waals surface area contributed by atoms with Crippen molar-refractivity contribution in [2.24, 2.45) is 0 Å². The van der Waals surface area contributed by atoms with Crippen LogP contribution in [-0.2, 0) is 0 Å². The van der Waals surface area contributed by atoms with Crippen molar-refractivity contribution in [2.45, 2.75) is 38.6 Å². The first kappa shape index (κ1) is 15.9. The minimum atomic E-state index is -0.0963. The molecule has 0 aromatic rings. The van der Waals surface area contributed by atoms with Crippen molar-refractivity contribution < 1.29 is 5.11 Å². The standard InChI is InChI=1S/C14H31N3O/c1-4-16-9-11-17(12-10-16)8-6-5-7-14(2,13-18)15-3/h15,18H,4-13H2,1-3H3. The molecular formula is C14H31N3O. The number of unbranched alkanes of at least 4 members (excludes halogenated alkanes) is 1. The van der Waals surface area contributed by atoms with Crippen LogP contribution in [0.3, 0.4) is 0 Å². The number of rotatable bonds is 8. The van der Waals surface area contributed by atoms with Gasteiger partial charge in [0.25, 0.3) is 0 Å². The molecule has 1 unspecified atom stereocenters. The first-order valence-corrected chi connectivity index (χ1v) is 7.38. The fourth-order valence-electron chi connectivity index (χ4n) is 2.46. The average Bonchev–Trinajstić information content (AvgIpc) is 2.44. The molecule has 0 spiro atoms. The monoisotopic (exact) mass is 257 g/mol. The number of likely N-dealkylation sites (N-methyl/N-ethyl adjacent to an activating group) is 2. The van der Waals surface area contributed by atoms with E-state index in [4.69, 9.17) is 0 Å². The van der Waals surface area contributed by atoms with Gasteiger partial charge in [0.1, 0.15) is 0 Å². The zero-order valence-electron chi connectivity index (χ0n) is 12.4. The number of piperazine rings is 1. The third-order valence-corrected chi connectivity index (χ3v) is 4.32. The maximum atomic E-state index is 9.31. The van der Waals surface area contributed by atoms with Gasteiger partial charge < -0.3 is 20.2 Å². The Bertz CT molecular complexity index is 211. The lowest BCUT2D eigenvalue weighted by atomic mass is 9.96. The van der Waals surface area contributed by atoms with E-state index in [1.807, 2.05) is 7.05 Å². The van der Waals surface area contributed by atoms with E-state index in [0.29, 0.717) is 0 Å². The Morgan fingerprint density at radius 1 is 1.11 bits per heavy atom. The summed E-state index contributed by atoms with van der Waals surface area (Å²) >= 11 is 0. The summed E-state index contributed by atoms with van der Waals surface area (Å²) in [4.78, 5) is 5.09. The second-order valence-corrected chi connectivity index (χ2v) is 5.70. The van der Waals surface area contributed by atoms with Gasteiger partial charge in [0.2, 0.25) is 0 Å². The summed E-state index contributed by atoms with van der Waals surface area (Å²) in [5.74, 6) is 0. The van der Waals surface area contributed by atoms with Crippen molar-refractivity contribution in [1.82, 2.24) is 15.1 Å². The second kappa shape index (κ2) is 8.10. The van der Waals surface area contributed by atoms with Gasteiger partial charge >= 0.3 is 0 Å². The molecule has 1 rings (SSSR count). The van der Waals surface area contributed by atoms with Crippen molar-refractivity contribution in [3.63, 3.8) is 0 Å². The Balaban J connectivity index is 2.08. The third kappa shape index (κ3) is 5.22. The van der Waals surface area contributed by atoms with Gasteiger partial charge in [-0.15, -0.1) is 0 Å². The first-order valence-electron chi connectivity index (χ1n) is 7.38. The van der Waals surface area contributed by atoms with Crippen LogP contribution in [0.15, 0.2) is 0 Å². The molecule has 0 bridgehead atoms. The molecule has 1 fully saturated rings. The summed E-state index contributed by atoms with van der Waals surface area (Å²) in [6.07, 6.45) is 3.48. The molecule has 108 valence electrons. The Kier molecular flexibility index (Phi) is 7.15. The van der Waals surface area contributed by atoms with Crippen LogP contribution >= 0.6 is 0 Å². The SMILES string of the molecule is CCN1CCN(CCCCC(C)(CO)NC)CC1. The number of aliphatic hydroxyl groups is 1. The fraction of sp³-hybridized carbons (Fsp3) is 1.00. The molecule has 1 heterocycles. The first-order chi connectivity index (χ1) is 8.63. The van der Waals surface area contributed by atoms with Crippen LogP contribution in [0.5, 0.6) is 0 Å². The van der Waals surface area contributed by atoms with E-state index in [1.165, 1.54) is 52.1 Å². The molecule has 1 aliphatic heterocycles. The lowest BCUT2D eigenvalue weighted by Crippen LogP contribution is -2.46. The number of hydrogen-bond donors (Lipinski definition) is 2. The fourth-order valence-corrected chi connectivity index (χ4v) is 2.46. The maximum absolute atomic E-state index is 9.31. The largest absolute Gasteiger partial charge is 0.394 e. The smallest absolute Gasteiger partial charge is 0.0610 e. The van der Waals surface area contributed by atoms with Crippen LogP contribution in [-0.4, -0.2) is 73.4 Å². The number of nitrogens with zero attached hydrogens (tertiary/aromatic N) is 2. The molecule has 2 N–H and O–H groups in total. The molecular weight excluding hydrogens is 226 g/mol. The molecule has 0 aromatic carbocycles. The molecule has 0 amide bonds. The van der Waals surface area contributed by atoms with E-state index < -0.39 is 0 Å². The normalized spacial score (nSPS) is 22.0. The van der Waals surface area contributed by atoms with Gasteiger partial charge in [-0.05, 0) is 39.9 Å². The van der Waals surface area contributed by atoms with E-state index >= 15 is 0 Å². The second-order valence-electron chi connectivity index (χ2n) is 5.70. The van der Waals surface area contributed by atoms with Gasteiger partial charge in [0.05, 0.1) is 6.61 Å². The Hall–Kier alpha value is -0.160. The van der Waals surface area contributed by atoms with Gasteiger partial charge in [-0.3, -0.25) is 0 Å². The zero-order valence-corrected chi connectivity index (χ0v) is 12.4. The molecule has 1 saturated heterocycles. The van der Waals surface area contributed by atoms with Gasteiger partial charge in [-0.1, -0.05) is 13.3 Å². The number of nitrogens with one attached hydrogen (secondary N) is 1. The summed E-state index contributed by atoms with van der Waals surface area (Å²) in [6.45, 7) is 11.8. The summed E-state index contributed by atoms with van der Waals surface area (Å²) < 4.78 is 0. The van der Waals surface area contributed by atoms with Gasteiger partial charge in [-0.25, -0.2) is 0 Å². The molecule has 0 saturated carbocycles. The van der Waals surface area contributed by atoms with Gasteiger partial charge in [-0.2, -0.15) is 0 Å². The van der Waals surface area contributed by atoms with E-state index in [-0.39, 0.29) is 12.1 Å². The van der Waals surface area contributed by atoms with Crippen molar-refractivity contribution in [3.8, 4) is 0 Å². The molecule has 1 aliphatic rings. The van der Waals surface area contributed by atoms with Crippen LogP contribution in [0.1, 0.15) is 33.1 Å². The molecule has 0 aromatic heterocycles. The van der Waals surface area contributed by atoms with E-state index in [0.717, 1.165) is 6.42 Å². The molecule has 0 aliphatic carbocycles. The van der Waals surface area contributed by atoms with Crippen molar-refractivity contribution in [3.05, 3.63) is 0 Å². The van der Waals surface area contributed by atoms with Crippen LogP contribution in [0.2, 0.25) is 0 Å². The predicted octanol–water partition coefficient (Wildman–Crippen LogP) is 0.765. The highest BCUT2D eigenvalue weighted by molar-refractivity contribution is 4.80. The average molecular weight is 257 g/mol. The minimum Gasteiger partial charge on any atom is -0.394 e. The molecule has 4 nitrogen and oxygen atoms in total. The van der Waals surface area contributed by atoms with Crippen molar-refractivity contribution >= 4 is 0 Å². The third-order valence-electron chi connectivity index (χ3n) is 4.32. The van der Waals surface area contributed by atoms with E-state index in [1.54, 1.807) is 0 Å². The van der Waals surface area contributed by atoms with Gasteiger partial charge in [0, 0.05) is 31.7 Å². The predicted molar refractivity (Wildman–Crippen MR) is 77.0 cm³/mol. The summed E-state index contributed by atoms with van der Waals surface area (Å²) in [7, 11) is 1.93. The van der Waals surface area contributed by atoms with Crippen LogP contribution < -0.4 is 5.32 Å². The highest BCUT2D eigenvalue weighted by Crippen LogP contribution is 2.13. The lowest BCUT2D eigenvalue weighted by Gasteiger charge is -2.34. The topological polar surface area (TPSA) is 38.7 Å². The molecule has 0 radical (unpaired) electrons. The Morgan fingerprint density at radius 3 is 2.22 bits per heavy atom. The van der Waals surface area contributed by atoms with E-state index in [9.17, 15) is 5.11 Å². The highest BCUT2D eigenvalue weighted by Gasteiger charge is 2.20. The van der Waals surface area contributed by atoms with Gasteiger partial charge in [0.15, 0.2) is 0 Å². The quantitative estimate of drug-likeness (QED) is 0.630. The van der Waals surface area contributed by atoms with Crippen LogP contribution in [0, 0.1) is 0 Å². The lowest BCUT2D eigenvalue weighted by molar-refractivity contribution is 0.132. The Labute approximate surface area is 112 Å². The van der Waals surface area contributed by atoms with Crippen LogP contribution in [0.25, 0.3) is 0 Å². The number of hydrogen-bond acceptors (Lipinski definition) is 4. The maximum Gasteiger partial charge on any atom is 0.0610 e. The summed E-state index contributed by atoms with van der Waals surface area (Å²) in [6, 6.07) is 0. The summed E-state index contributed by atoms with van der Waals surface area (Å²) in [5.41, 5.74) is -0.0963. The molecule has 1 atom stereocenters. The Morgan fingerprint density at radius 2 is 1.72 bits per heavy atom. The van der Waals surface area contributed by atoms with Crippen molar-refractivity contribution in [1.29, 1.82) is 0 Å². The summed E-state index contributed by atoms with van der Waals surface area (Å²) in [5, 5.41) is 12.5. The number of aliphatic hydroxyl groups excluding tert-OH is 1.